The number of nitrogens with zero attached hydrogens (tertiary/aromatic N) is 1. The molecule has 0 spiro atoms. The number of unbranched alkanes of at least 4 members (excludes halogenated alkanes) is 15. The molecule has 0 aromatic rings. The zero-order valence-electron chi connectivity index (χ0n) is 31.7. The number of rotatable bonds is 25. The Kier molecular flexibility index (Phi) is 25.7. The molecular weight excluding hydrogens is 683 g/mol. The molecule has 0 radical (unpaired) electrons. The second-order valence-corrected chi connectivity index (χ2v) is 16.6. The summed E-state index contributed by atoms with van der Waals surface area (Å²) >= 11 is 1.20. The topological polar surface area (TPSA) is 189 Å². The normalized spacial score (nSPS) is 27.0. The average Bonchev–Trinajstić information content (AvgIpc) is 3.44. The number of likely N-dealkylation sites (tertiary alicyclic amines) is 1. The van der Waals surface area contributed by atoms with Crippen LogP contribution in [-0.2, 0) is 19.8 Å². The third-order valence-corrected chi connectivity index (χ3v) is 11.4. The van der Waals surface area contributed by atoms with Crippen LogP contribution in [0.5, 0.6) is 0 Å². The first-order valence-electron chi connectivity index (χ1n) is 19.4. The first kappa shape index (κ1) is 47.5. The Balaban J connectivity index is 0.000000508. The average molecular weight is 756 g/mol. The van der Waals surface area contributed by atoms with Crippen molar-refractivity contribution in [1.29, 1.82) is 0 Å². The number of nitrogens with one attached hydrogen (secondary N) is 2. The van der Waals surface area contributed by atoms with Gasteiger partial charge in [-0.1, -0.05) is 117 Å². The molecular formula is C36H73N3O9S2. The number of carbonyl (C=O) groups is 1. The fourth-order valence-electron chi connectivity index (χ4n) is 7.01. The summed E-state index contributed by atoms with van der Waals surface area (Å²) in [4.78, 5) is 14.9. The minimum absolute atomic E-state index is 0.223. The van der Waals surface area contributed by atoms with Crippen LogP contribution in [0.4, 0.5) is 0 Å². The molecule has 0 unspecified atom stereocenters. The second-order valence-electron chi connectivity index (χ2n) is 14.5. The Morgan fingerprint density at radius 2 is 1.34 bits per heavy atom. The standard InChI is InChI=1S/C18H34N2O6S.C18H39NO3S/c1-5-6-10-7-11(20(3)8-10)17(25)19-12(9(2)21)16-14(23)13(22)15(24)18(26-16)27-4;1-2-3-4-5-6-7-8-9-10-11-12-13-14-15-16-17-18-19-23(20,21)22/h9-16,18,21-24H,5-8H2,1-4H3,(H,19,25);19H,2-18H2,1H3,(H,20,21,22)/t9-,10-,11+,12-,13+,14-,15-,16-,18-;/m1./s1. The summed E-state index contributed by atoms with van der Waals surface area (Å²) in [5.41, 5.74) is -0.755. The minimum Gasteiger partial charge on any atom is -0.391 e. The summed E-state index contributed by atoms with van der Waals surface area (Å²) in [5.74, 6) is 0.245. The monoisotopic (exact) mass is 755 g/mol. The molecule has 0 aromatic heterocycles. The predicted molar refractivity (Wildman–Crippen MR) is 202 cm³/mol. The third-order valence-electron chi connectivity index (χ3n) is 9.97. The van der Waals surface area contributed by atoms with Crippen molar-refractivity contribution in [2.24, 2.45) is 5.92 Å². The van der Waals surface area contributed by atoms with E-state index in [0.717, 1.165) is 45.1 Å². The van der Waals surface area contributed by atoms with Crippen LogP contribution in [0.1, 0.15) is 143 Å². The van der Waals surface area contributed by atoms with E-state index in [1.54, 1.807) is 6.26 Å². The highest BCUT2D eigenvalue weighted by atomic mass is 32.2. The highest BCUT2D eigenvalue weighted by Gasteiger charge is 2.48. The summed E-state index contributed by atoms with van der Waals surface area (Å²) in [6.45, 7) is 7.09. The lowest BCUT2D eigenvalue weighted by molar-refractivity contribution is -0.211. The largest absolute Gasteiger partial charge is 0.391 e. The minimum atomic E-state index is -3.99. The fraction of sp³-hybridized carbons (Fsp3) is 0.972. The van der Waals surface area contributed by atoms with Crippen LogP contribution >= 0.6 is 11.8 Å². The molecule has 1 amide bonds. The van der Waals surface area contributed by atoms with Crippen molar-refractivity contribution in [3.05, 3.63) is 0 Å². The number of ether oxygens (including phenoxy) is 1. The van der Waals surface area contributed by atoms with E-state index >= 15 is 0 Å². The molecule has 2 aliphatic rings. The quantitative estimate of drug-likeness (QED) is 0.0502. The van der Waals surface area contributed by atoms with Gasteiger partial charge in [0.15, 0.2) is 0 Å². The first-order valence-corrected chi connectivity index (χ1v) is 22.1. The maximum atomic E-state index is 12.8. The number of hydrogen-bond donors (Lipinski definition) is 7. The van der Waals surface area contributed by atoms with Crippen molar-refractivity contribution in [2.75, 3.05) is 26.4 Å². The molecule has 0 aliphatic carbocycles. The molecule has 14 heteroatoms. The summed E-state index contributed by atoms with van der Waals surface area (Å²) in [6, 6.07) is -1.20. The van der Waals surface area contributed by atoms with E-state index in [2.05, 4.69) is 23.9 Å². The van der Waals surface area contributed by atoms with Crippen molar-refractivity contribution < 1.29 is 42.9 Å². The van der Waals surface area contributed by atoms with Gasteiger partial charge in [0.2, 0.25) is 5.91 Å². The van der Waals surface area contributed by atoms with Crippen molar-refractivity contribution in [2.45, 2.75) is 191 Å². The Morgan fingerprint density at radius 3 is 1.78 bits per heavy atom. The predicted octanol–water partition coefficient (Wildman–Crippen LogP) is 4.78. The van der Waals surface area contributed by atoms with Crippen molar-refractivity contribution in [1.82, 2.24) is 14.9 Å². The number of hydrogen-bond acceptors (Lipinski definition) is 10. The van der Waals surface area contributed by atoms with Crippen LogP contribution in [0, 0.1) is 5.92 Å². The van der Waals surface area contributed by atoms with Gasteiger partial charge in [0, 0.05) is 13.1 Å². The first-order chi connectivity index (χ1) is 23.8. The maximum absolute atomic E-state index is 12.8. The Morgan fingerprint density at radius 1 is 0.840 bits per heavy atom. The number of aliphatic hydroxyl groups excluding tert-OH is 4. The molecule has 2 aliphatic heterocycles. The molecule has 2 saturated heterocycles. The lowest BCUT2D eigenvalue weighted by Crippen LogP contribution is -2.65. The molecule has 0 bridgehead atoms. The lowest BCUT2D eigenvalue weighted by atomic mass is 9.92. The molecule has 0 saturated carbocycles. The van der Waals surface area contributed by atoms with Gasteiger partial charge in [-0.05, 0) is 45.4 Å². The number of carbonyl (C=O) groups excluding carboxylic acids is 1. The van der Waals surface area contributed by atoms with Crippen LogP contribution in [-0.4, -0.2) is 119 Å². The Bertz CT molecular complexity index is 976. The van der Waals surface area contributed by atoms with Crippen LogP contribution in [0.2, 0.25) is 0 Å². The van der Waals surface area contributed by atoms with Gasteiger partial charge in [-0.2, -0.15) is 13.1 Å². The van der Waals surface area contributed by atoms with Crippen LogP contribution < -0.4 is 10.0 Å². The molecule has 2 heterocycles. The van der Waals surface area contributed by atoms with Gasteiger partial charge in [-0.3, -0.25) is 14.2 Å². The highest BCUT2D eigenvalue weighted by molar-refractivity contribution is 7.99. The van der Waals surface area contributed by atoms with Crippen LogP contribution in [0.15, 0.2) is 0 Å². The molecule has 9 atom stereocenters. The third kappa shape index (κ3) is 19.5. The van der Waals surface area contributed by atoms with Crippen LogP contribution in [0.3, 0.4) is 0 Å². The van der Waals surface area contributed by atoms with Gasteiger partial charge in [0.25, 0.3) is 0 Å². The van der Waals surface area contributed by atoms with E-state index in [1.165, 1.54) is 102 Å². The van der Waals surface area contributed by atoms with E-state index in [0.29, 0.717) is 12.5 Å². The molecule has 12 nitrogen and oxygen atoms in total. The fourth-order valence-corrected chi connectivity index (χ4v) is 8.09. The van der Waals surface area contributed by atoms with Crippen LogP contribution in [0.25, 0.3) is 0 Å². The number of thioether (sulfide) groups is 1. The molecule has 298 valence electrons. The molecule has 0 aromatic carbocycles. The Hall–Kier alpha value is -0.550. The number of likely N-dealkylation sites (N-methyl/N-ethyl adjacent to an activating group) is 1. The summed E-state index contributed by atoms with van der Waals surface area (Å²) < 4.78 is 37.2. The maximum Gasteiger partial charge on any atom is 0.333 e. The Labute approximate surface area is 308 Å². The molecule has 50 heavy (non-hydrogen) atoms. The smallest absolute Gasteiger partial charge is 0.333 e. The van der Waals surface area contributed by atoms with E-state index in [1.807, 2.05) is 11.9 Å². The van der Waals surface area contributed by atoms with E-state index in [-0.39, 0.29) is 11.9 Å². The van der Waals surface area contributed by atoms with E-state index in [9.17, 15) is 33.6 Å². The highest BCUT2D eigenvalue weighted by Crippen LogP contribution is 2.30. The van der Waals surface area contributed by atoms with Crippen molar-refractivity contribution in [3.63, 3.8) is 0 Å². The van der Waals surface area contributed by atoms with E-state index < -0.39 is 52.3 Å². The summed E-state index contributed by atoms with van der Waals surface area (Å²) in [5, 5.41) is 43.5. The second kappa shape index (κ2) is 27.1. The summed E-state index contributed by atoms with van der Waals surface area (Å²) in [7, 11) is -2.09. The molecule has 2 rings (SSSR count). The number of amides is 1. The van der Waals surface area contributed by atoms with E-state index in [4.69, 9.17) is 9.29 Å². The van der Waals surface area contributed by atoms with Crippen molar-refractivity contribution >= 4 is 28.0 Å². The lowest BCUT2D eigenvalue weighted by Gasteiger charge is -2.44. The summed E-state index contributed by atoms with van der Waals surface area (Å²) in [6.07, 6.45) is 19.3. The SMILES string of the molecule is CCCCCCCCCCCCCCCCCCNS(=O)(=O)O.CCC[C@@H]1C[C@@H](C(=O)N[C@@H]([C@H]2O[C@H](SC)[C@H](O)[C@@H](O)[C@H]2O)[C@@H](C)O)N(C)C1. The molecule has 7 N–H and O–H groups in total. The van der Waals surface area contributed by atoms with Crippen molar-refractivity contribution in [3.8, 4) is 0 Å². The zero-order chi connectivity index (χ0) is 37.5. The van der Waals surface area contributed by atoms with Gasteiger partial charge < -0.3 is 30.5 Å². The van der Waals surface area contributed by atoms with Gasteiger partial charge >= 0.3 is 10.3 Å². The van der Waals surface area contributed by atoms with Gasteiger partial charge in [-0.25, -0.2) is 0 Å². The number of aliphatic hydroxyl groups is 4. The van der Waals surface area contributed by atoms with Gasteiger partial charge in [-0.15, -0.1) is 11.8 Å². The molecule has 2 fully saturated rings. The van der Waals surface area contributed by atoms with Gasteiger partial charge in [0.05, 0.1) is 18.2 Å². The zero-order valence-corrected chi connectivity index (χ0v) is 33.3. The van der Waals surface area contributed by atoms with Gasteiger partial charge in [0.1, 0.15) is 29.9 Å².